The van der Waals surface area contributed by atoms with Crippen molar-refractivity contribution in [2.45, 2.75) is 19.6 Å². The summed E-state index contributed by atoms with van der Waals surface area (Å²) in [5.41, 5.74) is 7.94. The molecule has 1 aliphatic carbocycles. The van der Waals surface area contributed by atoms with E-state index in [0.29, 0.717) is 0 Å². The van der Waals surface area contributed by atoms with Crippen molar-refractivity contribution in [1.82, 2.24) is 0 Å². The molecule has 0 saturated carbocycles. The van der Waals surface area contributed by atoms with Gasteiger partial charge in [0.05, 0.1) is 0 Å². The predicted octanol–water partition coefficient (Wildman–Crippen LogP) is 4.13. The van der Waals surface area contributed by atoms with Crippen molar-refractivity contribution in [3.8, 4) is 22.6 Å². The van der Waals surface area contributed by atoms with Crippen LogP contribution >= 0.6 is 0 Å². The van der Waals surface area contributed by atoms with Gasteiger partial charge in [-0.1, -0.05) is 55.9 Å². The zero-order valence-corrected chi connectivity index (χ0v) is 12.9. The van der Waals surface area contributed by atoms with Crippen LogP contribution in [0, 0.1) is 11.5 Å². The molecule has 0 amide bonds. The first kappa shape index (κ1) is 12.9. The highest BCUT2D eigenvalue weighted by Crippen LogP contribution is 2.36. The quantitative estimate of drug-likeness (QED) is 0.446. The Bertz CT molecular complexity index is 770. The molecule has 0 radical (unpaired) electrons. The van der Waals surface area contributed by atoms with Crippen molar-refractivity contribution in [3.05, 3.63) is 59.2 Å². The van der Waals surface area contributed by atoms with E-state index in [1.54, 1.807) is 0 Å². The van der Waals surface area contributed by atoms with Crippen LogP contribution in [0.2, 0.25) is 19.6 Å². The molecule has 0 saturated heterocycles. The summed E-state index contributed by atoms with van der Waals surface area (Å²) < 4.78 is 0. The Kier molecular flexibility index (Phi) is 2.88. The summed E-state index contributed by atoms with van der Waals surface area (Å²) in [6.45, 7) is 6.65. The molecular formula is C18H16OSi. The van der Waals surface area contributed by atoms with Gasteiger partial charge in [-0.3, -0.25) is 4.79 Å². The summed E-state index contributed by atoms with van der Waals surface area (Å²) in [7, 11) is -1.39. The van der Waals surface area contributed by atoms with Gasteiger partial charge in [-0.15, -0.1) is 5.54 Å². The average Bonchev–Trinajstić information content (AvgIpc) is 2.70. The van der Waals surface area contributed by atoms with Crippen molar-refractivity contribution in [2.24, 2.45) is 0 Å². The van der Waals surface area contributed by atoms with Gasteiger partial charge < -0.3 is 0 Å². The zero-order valence-electron chi connectivity index (χ0n) is 11.9. The molecule has 1 nitrogen and oxygen atoms in total. The molecule has 0 atom stereocenters. The van der Waals surface area contributed by atoms with Crippen LogP contribution in [0.25, 0.3) is 11.1 Å². The third-order valence-electron chi connectivity index (χ3n) is 3.31. The molecule has 0 N–H and O–H groups in total. The third kappa shape index (κ3) is 2.21. The third-order valence-corrected chi connectivity index (χ3v) is 4.18. The Hall–Kier alpha value is -2.11. The van der Waals surface area contributed by atoms with Crippen LogP contribution in [0.1, 0.15) is 21.5 Å². The lowest BCUT2D eigenvalue weighted by atomic mass is 10.0. The van der Waals surface area contributed by atoms with E-state index in [4.69, 9.17) is 0 Å². The van der Waals surface area contributed by atoms with E-state index >= 15 is 0 Å². The number of hydrogen-bond acceptors (Lipinski definition) is 1. The van der Waals surface area contributed by atoms with Gasteiger partial charge in [0.1, 0.15) is 8.07 Å². The molecule has 2 heteroatoms. The molecule has 3 rings (SSSR count). The molecule has 0 fully saturated rings. The molecule has 0 heterocycles. The second-order valence-electron chi connectivity index (χ2n) is 6.14. The van der Waals surface area contributed by atoms with Gasteiger partial charge in [-0.25, -0.2) is 0 Å². The number of fused-ring (bicyclic) bond motifs is 3. The van der Waals surface area contributed by atoms with Gasteiger partial charge in [-0.05, 0) is 23.3 Å². The lowest BCUT2D eigenvalue weighted by Crippen LogP contribution is -2.16. The molecule has 0 aliphatic heterocycles. The van der Waals surface area contributed by atoms with Crippen molar-refractivity contribution < 1.29 is 4.79 Å². The van der Waals surface area contributed by atoms with Crippen LogP contribution in [-0.2, 0) is 0 Å². The van der Waals surface area contributed by atoms with Gasteiger partial charge >= 0.3 is 0 Å². The average molecular weight is 276 g/mol. The SMILES string of the molecule is C[Si](C)(C)C#Cc1ccc2c(c1)C(=O)c1ccccc1-2. The highest BCUT2D eigenvalue weighted by molar-refractivity contribution is 6.83. The Morgan fingerprint density at radius 1 is 0.850 bits per heavy atom. The monoisotopic (exact) mass is 276 g/mol. The Balaban J connectivity index is 2.09. The van der Waals surface area contributed by atoms with Crippen LogP contribution in [0.15, 0.2) is 42.5 Å². The molecule has 0 unspecified atom stereocenters. The summed E-state index contributed by atoms with van der Waals surface area (Å²) in [5.74, 6) is 3.34. The molecule has 0 aromatic heterocycles. The summed E-state index contributed by atoms with van der Waals surface area (Å²) in [4.78, 5) is 12.4. The van der Waals surface area contributed by atoms with Crippen LogP contribution in [0.5, 0.6) is 0 Å². The first-order chi connectivity index (χ1) is 9.46. The maximum Gasteiger partial charge on any atom is 0.194 e. The van der Waals surface area contributed by atoms with Crippen LogP contribution in [0.3, 0.4) is 0 Å². The zero-order chi connectivity index (χ0) is 14.3. The van der Waals surface area contributed by atoms with Crippen LogP contribution < -0.4 is 0 Å². The largest absolute Gasteiger partial charge is 0.289 e. The van der Waals surface area contributed by atoms with E-state index in [0.717, 1.165) is 27.8 Å². The Labute approximate surface area is 120 Å². The molecule has 2 aromatic carbocycles. The van der Waals surface area contributed by atoms with Gasteiger partial charge in [-0.2, -0.15) is 0 Å². The van der Waals surface area contributed by atoms with Crippen molar-refractivity contribution in [1.29, 1.82) is 0 Å². The normalized spacial score (nSPS) is 12.4. The summed E-state index contributed by atoms with van der Waals surface area (Å²) >= 11 is 0. The predicted molar refractivity (Wildman–Crippen MR) is 85.5 cm³/mol. The molecule has 20 heavy (non-hydrogen) atoms. The van der Waals surface area contributed by atoms with Crippen molar-refractivity contribution in [3.63, 3.8) is 0 Å². The number of benzene rings is 2. The number of carbonyl (C=O) groups excluding carboxylic acids is 1. The first-order valence-electron chi connectivity index (χ1n) is 6.77. The lowest BCUT2D eigenvalue weighted by Gasteiger charge is -2.04. The minimum absolute atomic E-state index is 0.118. The molecule has 98 valence electrons. The molecular weight excluding hydrogens is 260 g/mol. The van der Waals surface area contributed by atoms with E-state index < -0.39 is 8.07 Å². The number of rotatable bonds is 0. The fraction of sp³-hybridized carbons (Fsp3) is 0.167. The van der Waals surface area contributed by atoms with E-state index in [9.17, 15) is 4.79 Å². The van der Waals surface area contributed by atoms with Crippen LogP contribution in [-0.4, -0.2) is 13.9 Å². The van der Waals surface area contributed by atoms with E-state index in [1.807, 2.05) is 42.5 Å². The van der Waals surface area contributed by atoms with Crippen molar-refractivity contribution >= 4 is 13.9 Å². The van der Waals surface area contributed by atoms with Crippen LogP contribution in [0.4, 0.5) is 0 Å². The summed E-state index contributed by atoms with van der Waals surface area (Å²) in [6, 6.07) is 13.8. The Morgan fingerprint density at radius 3 is 2.20 bits per heavy atom. The fourth-order valence-corrected chi connectivity index (χ4v) is 2.88. The number of ketones is 1. The topological polar surface area (TPSA) is 17.1 Å². The van der Waals surface area contributed by atoms with Gasteiger partial charge in [0.2, 0.25) is 0 Å². The first-order valence-corrected chi connectivity index (χ1v) is 10.3. The summed E-state index contributed by atoms with van der Waals surface area (Å²) in [5, 5.41) is 0. The Morgan fingerprint density at radius 2 is 1.50 bits per heavy atom. The van der Waals surface area contributed by atoms with Gasteiger partial charge in [0.15, 0.2) is 5.78 Å². The second kappa shape index (κ2) is 4.47. The highest BCUT2D eigenvalue weighted by atomic mass is 28.3. The molecule has 0 spiro atoms. The minimum atomic E-state index is -1.39. The highest BCUT2D eigenvalue weighted by Gasteiger charge is 2.25. The standard InChI is InChI=1S/C18H16OSi/c1-20(2,3)11-10-13-8-9-15-14-6-4-5-7-16(14)18(19)17(15)12-13/h4-9,12H,1-3H3. The van der Waals surface area contributed by atoms with E-state index in [-0.39, 0.29) is 5.78 Å². The molecule has 1 aliphatic rings. The maximum absolute atomic E-state index is 12.4. The molecule has 2 aromatic rings. The number of carbonyl (C=O) groups is 1. The van der Waals surface area contributed by atoms with E-state index in [2.05, 4.69) is 31.1 Å². The lowest BCUT2D eigenvalue weighted by molar-refractivity contribution is 0.104. The fourth-order valence-electron chi connectivity index (χ4n) is 2.37. The number of hydrogen-bond donors (Lipinski definition) is 0. The summed E-state index contributed by atoms with van der Waals surface area (Å²) in [6.07, 6.45) is 0. The second-order valence-corrected chi connectivity index (χ2v) is 10.9. The van der Waals surface area contributed by atoms with E-state index in [1.165, 1.54) is 0 Å². The molecule has 0 bridgehead atoms. The maximum atomic E-state index is 12.4. The minimum Gasteiger partial charge on any atom is -0.289 e. The smallest absolute Gasteiger partial charge is 0.194 e. The van der Waals surface area contributed by atoms with Crippen molar-refractivity contribution in [2.75, 3.05) is 0 Å². The van der Waals surface area contributed by atoms with Gasteiger partial charge in [0, 0.05) is 16.7 Å². The van der Waals surface area contributed by atoms with Gasteiger partial charge in [0.25, 0.3) is 0 Å².